The van der Waals surface area contributed by atoms with Gasteiger partial charge >= 0.3 is 0 Å². The average molecular weight is 278 g/mol. The summed E-state index contributed by atoms with van der Waals surface area (Å²) in [5.41, 5.74) is 2.50. The van der Waals surface area contributed by atoms with Crippen LogP contribution in [-0.2, 0) is 6.42 Å². The first kappa shape index (κ1) is 14.3. The van der Waals surface area contributed by atoms with Crippen molar-refractivity contribution in [3.63, 3.8) is 0 Å². The van der Waals surface area contributed by atoms with Gasteiger partial charge in [0.1, 0.15) is 0 Å². The van der Waals surface area contributed by atoms with E-state index >= 15 is 0 Å². The summed E-state index contributed by atoms with van der Waals surface area (Å²) in [6.07, 6.45) is 2.98. The van der Waals surface area contributed by atoms with Gasteiger partial charge in [-0.3, -0.25) is 4.98 Å². The highest BCUT2D eigenvalue weighted by Gasteiger charge is 2.08. The number of fused-ring (bicyclic) bond motifs is 1. The van der Waals surface area contributed by atoms with Crippen LogP contribution < -0.4 is 5.32 Å². The minimum Gasteiger partial charge on any atom is -0.314 e. The lowest BCUT2D eigenvalue weighted by atomic mass is 10.1. The molecule has 3 nitrogen and oxygen atoms in total. The van der Waals surface area contributed by atoms with Gasteiger partial charge in [0.2, 0.25) is 0 Å². The fourth-order valence-corrected chi connectivity index (χ4v) is 2.50. The van der Waals surface area contributed by atoms with Crippen molar-refractivity contribution in [2.45, 2.75) is 6.42 Å². The number of rotatable bonds is 3. The zero-order valence-corrected chi connectivity index (χ0v) is 11.8. The number of hydrogen-bond donors (Lipinski definition) is 1. The van der Waals surface area contributed by atoms with E-state index in [2.05, 4.69) is 39.5 Å². The highest BCUT2D eigenvalue weighted by molar-refractivity contribution is 5.85. The Bertz CT molecular complexity index is 524. The van der Waals surface area contributed by atoms with E-state index in [0.717, 1.165) is 31.6 Å². The molecule has 1 fully saturated rings. The van der Waals surface area contributed by atoms with Crippen LogP contribution in [0.1, 0.15) is 5.56 Å². The summed E-state index contributed by atoms with van der Waals surface area (Å²) in [5, 5.41) is 4.63. The van der Waals surface area contributed by atoms with E-state index in [9.17, 15) is 0 Å². The van der Waals surface area contributed by atoms with Gasteiger partial charge in [0.25, 0.3) is 0 Å². The van der Waals surface area contributed by atoms with E-state index in [1.807, 2.05) is 12.3 Å². The number of nitrogens with zero attached hydrogens (tertiary/aromatic N) is 2. The van der Waals surface area contributed by atoms with Crippen molar-refractivity contribution >= 4 is 23.3 Å². The highest BCUT2D eigenvalue weighted by Crippen LogP contribution is 2.14. The van der Waals surface area contributed by atoms with Crippen LogP contribution in [0.4, 0.5) is 0 Å². The van der Waals surface area contributed by atoms with Crippen LogP contribution in [0.3, 0.4) is 0 Å². The maximum absolute atomic E-state index is 4.35. The Morgan fingerprint density at radius 2 is 2.00 bits per heavy atom. The van der Waals surface area contributed by atoms with E-state index in [4.69, 9.17) is 0 Å². The zero-order valence-electron chi connectivity index (χ0n) is 11.0. The van der Waals surface area contributed by atoms with Gasteiger partial charge in [-0.15, -0.1) is 12.4 Å². The predicted octanol–water partition coefficient (Wildman–Crippen LogP) is 2.10. The first-order valence-corrected chi connectivity index (χ1v) is 6.68. The van der Waals surface area contributed by atoms with Crippen molar-refractivity contribution in [1.82, 2.24) is 15.2 Å². The Kier molecular flexibility index (Phi) is 5.14. The zero-order chi connectivity index (χ0) is 12.2. The first-order chi connectivity index (χ1) is 8.92. The van der Waals surface area contributed by atoms with Crippen LogP contribution in [0.2, 0.25) is 0 Å². The van der Waals surface area contributed by atoms with Crippen molar-refractivity contribution in [2.75, 3.05) is 32.7 Å². The van der Waals surface area contributed by atoms with Crippen LogP contribution in [0.25, 0.3) is 10.9 Å². The molecule has 1 aromatic carbocycles. The summed E-state index contributed by atoms with van der Waals surface area (Å²) in [5.74, 6) is 0. The molecule has 1 aliphatic rings. The topological polar surface area (TPSA) is 28.2 Å². The van der Waals surface area contributed by atoms with Gasteiger partial charge in [-0.25, -0.2) is 0 Å². The van der Waals surface area contributed by atoms with Gasteiger partial charge < -0.3 is 10.2 Å². The third kappa shape index (κ3) is 3.66. The second kappa shape index (κ2) is 6.85. The molecule has 1 N–H and O–H groups in total. The Morgan fingerprint density at radius 3 is 2.84 bits per heavy atom. The van der Waals surface area contributed by atoms with Crippen LogP contribution in [-0.4, -0.2) is 42.6 Å². The molecule has 2 heterocycles. The van der Waals surface area contributed by atoms with Crippen LogP contribution >= 0.6 is 12.4 Å². The molecule has 3 rings (SSSR count). The molecule has 1 saturated heterocycles. The van der Waals surface area contributed by atoms with E-state index in [1.165, 1.54) is 24.0 Å². The Labute approximate surface area is 120 Å². The fourth-order valence-electron chi connectivity index (χ4n) is 2.50. The van der Waals surface area contributed by atoms with Gasteiger partial charge in [0.05, 0.1) is 5.52 Å². The third-order valence-electron chi connectivity index (χ3n) is 3.59. The summed E-state index contributed by atoms with van der Waals surface area (Å²) in [6, 6.07) is 10.7. The van der Waals surface area contributed by atoms with Crippen LogP contribution in [0.5, 0.6) is 0 Å². The Balaban J connectivity index is 0.00000133. The highest BCUT2D eigenvalue weighted by atomic mass is 35.5. The molecule has 0 spiro atoms. The monoisotopic (exact) mass is 277 g/mol. The summed E-state index contributed by atoms with van der Waals surface area (Å²) < 4.78 is 0. The van der Waals surface area contributed by atoms with E-state index in [-0.39, 0.29) is 12.4 Å². The number of nitrogens with one attached hydrogen (secondary N) is 1. The maximum atomic E-state index is 4.35. The molecule has 0 atom stereocenters. The molecule has 0 aliphatic carbocycles. The molecule has 1 aromatic heterocycles. The van der Waals surface area contributed by atoms with Crippen molar-refractivity contribution in [1.29, 1.82) is 0 Å². The lowest BCUT2D eigenvalue weighted by Crippen LogP contribution is -2.44. The molecular weight excluding hydrogens is 258 g/mol. The third-order valence-corrected chi connectivity index (χ3v) is 3.59. The quantitative estimate of drug-likeness (QED) is 0.931. The number of hydrogen-bond acceptors (Lipinski definition) is 3. The molecule has 4 heteroatoms. The normalized spacial score (nSPS) is 16.2. The van der Waals surface area contributed by atoms with Gasteiger partial charge in [0.15, 0.2) is 0 Å². The SMILES string of the molecule is Cl.c1cnc2ccc(CCN3CCNCC3)cc2c1. The summed E-state index contributed by atoms with van der Waals surface area (Å²) in [7, 11) is 0. The standard InChI is InChI=1S/C15H19N3.ClH/c1-2-14-12-13(3-4-15(14)17-6-1)5-9-18-10-7-16-8-11-18;/h1-4,6,12,16H,5,7-11H2;1H. The fraction of sp³-hybridized carbons (Fsp3) is 0.400. The smallest absolute Gasteiger partial charge is 0.0702 e. The van der Waals surface area contributed by atoms with E-state index in [0.29, 0.717) is 0 Å². The van der Waals surface area contributed by atoms with Gasteiger partial charge in [-0.05, 0) is 30.2 Å². The molecular formula is C15H20ClN3. The van der Waals surface area contributed by atoms with Crippen LogP contribution in [0.15, 0.2) is 36.5 Å². The van der Waals surface area contributed by atoms with Crippen LogP contribution in [0, 0.1) is 0 Å². The van der Waals surface area contributed by atoms with Gasteiger partial charge in [0, 0.05) is 44.3 Å². The largest absolute Gasteiger partial charge is 0.314 e. The van der Waals surface area contributed by atoms with Crippen molar-refractivity contribution < 1.29 is 0 Å². The molecule has 0 bridgehead atoms. The van der Waals surface area contributed by atoms with Gasteiger partial charge in [-0.2, -0.15) is 0 Å². The molecule has 0 amide bonds. The molecule has 0 radical (unpaired) electrons. The lowest BCUT2D eigenvalue weighted by molar-refractivity contribution is 0.244. The maximum Gasteiger partial charge on any atom is 0.0702 e. The van der Waals surface area contributed by atoms with Crippen molar-refractivity contribution in [3.8, 4) is 0 Å². The second-order valence-electron chi connectivity index (χ2n) is 4.87. The molecule has 0 saturated carbocycles. The summed E-state index contributed by atoms with van der Waals surface area (Å²) >= 11 is 0. The van der Waals surface area contributed by atoms with E-state index in [1.54, 1.807) is 0 Å². The summed E-state index contributed by atoms with van der Waals surface area (Å²) in [6.45, 7) is 5.76. The van der Waals surface area contributed by atoms with E-state index < -0.39 is 0 Å². The van der Waals surface area contributed by atoms with Crippen molar-refractivity contribution in [3.05, 3.63) is 42.1 Å². The number of aromatic nitrogens is 1. The Morgan fingerprint density at radius 1 is 1.16 bits per heavy atom. The summed E-state index contributed by atoms with van der Waals surface area (Å²) in [4.78, 5) is 6.89. The number of pyridine rings is 1. The van der Waals surface area contributed by atoms with Gasteiger partial charge in [-0.1, -0.05) is 12.1 Å². The molecule has 1 aliphatic heterocycles. The predicted molar refractivity (Wildman–Crippen MR) is 82.0 cm³/mol. The molecule has 102 valence electrons. The minimum absolute atomic E-state index is 0. The molecule has 2 aromatic rings. The number of piperazine rings is 1. The number of benzene rings is 1. The minimum atomic E-state index is 0. The molecule has 19 heavy (non-hydrogen) atoms. The average Bonchev–Trinajstić information content (AvgIpc) is 2.46. The second-order valence-corrected chi connectivity index (χ2v) is 4.87. The Hall–Kier alpha value is -1.16. The number of halogens is 1. The lowest BCUT2D eigenvalue weighted by Gasteiger charge is -2.27. The first-order valence-electron chi connectivity index (χ1n) is 6.68. The van der Waals surface area contributed by atoms with Crippen molar-refractivity contribution in [2.24, 2.45) is 0 Å². The molecule has 0 unspecified atom stereocenters.